The number of anilines is 2. The minimum atomic E-state index is 0.575. The monoisotopic (exact) mass is 262 g/mol. The lowest BCUT2D eigenvalue weighted by molar-refractivity contribution is 0.330. The fourth-order valence-corrected chi connectivity index (χ4v) is 2.74. The van der Waals surface area contributed by atoms with Gasteiger partial charge < -0.3 is 10.6 Å². The molecular formula is C15H26N4. The molecule has 2 N–H and O–H groups in total. The van der Waals surface area contributed by atoms with E-state index in [9.17, 15) is 0 Å². The maximum atomic E-state index is 4.56. The van der Waals surface area contributed by atoms with Crippen LogP contribution in [0, 0.1) is 12.8 Å². The first kappa shape index (κ1) is 14.1. The SMILES string of the molecule is CCNc1ncc(C)c(NC2CCC(CC)CC2)n1. The van der Waals surface area contributed by atoms with Gasteiger partial charge in [-0.1, -0.05) is 13.3 Å². The molecule has 0 bridgehead atoms. The highest BCUT2D eigenvalue weighted by molar-refractivity contribution is 5.47. The summed E-state index contributed by atoms with van der Waals surface area (Å²) in [6.07, 6.45) is 8.43. The summed E-state index contributed by atoms with van der Waals surface area (Å²) in [5.41, 5.74) is 1.12. The fourth-order valence-electron chi connectivity index (χ4n) is 2.74. The molecular weight excluding hydrogens is 236 g/mol. The second kappa shape index (κ2) is 6.73. The van der Waals surface area contributed by atoms with Gasteiger partial charge >= 0.3 is 0 Å². The number of rotatable bonds is 5. The van der Waals surface area contributed by atoms with Gasteiger partial charge in [-0.15, -0.1) is 0 Å². The third-order valence-electron chi connectivity index (χ3n) is 4.07. The van der Waals surface area contributed by atoms with Gasteiger partial charge in [0, 0.05) is 24.3 Å². The Morgan fingerprint density at radius 1 is 1.21 bits per heavy atom. The van der Waals surface area contributed by atoms with Crippen molar-refractivity contribution in [3.8, 4) is 0 Å². The summed E-state index contributed by atoms with van der Waals surface area (Å²) in [6.45, 7) is 7.28. The van der Waals surface area contributed by atoms with Crippen LogP contribution < -0.4 is 10.6 Å². The van der Waals surface area contributed by atoms with E-state index in [4.69, 9.17) is 0 Å². The van der Waals surface area contributed by atoms with Gasteiger partial charge in [-0.3, -0.25) is 0 Å². The summed E-state index contributed by atoms with van der Waals surface area (Å²) in [4.78, 5) is 8.85. The molecule has 1 aromatic rings. The zero-order valence-electron chi connectivity index (χ0n) is 12.4. The number of nitrogens with one attached hydrogen (secondary N) is 2. The number of aromatic nitrogens is 2. The summed E-state index contributed by atoms with van der Waals surface area (Å²) < 4.78 is 0. The van der Waals surface area contributed by atoms with Crippen LogP contribution in [0.1, 0.15) is 51.5 Å². The lowest BCUT2D eigenvalue weighted by Gasteiger charge is -2.29. The molecule has 1 heterocycles. The molecule has 0 spiro atoms. The van der Waals surface area contributed by atoms with Gasteiger partial charge in [0.2, 0.25) is 5.95 Å². The summed E-state index contributed by atoms with van der Waals surface area (Å²) in [5, 5.41) is 6.77. The van der Waals surface area contributed by atoms with Crippen molar-refractivity contribution in [3.05, 3.63) is 11.8 Å². The van der Waals surface area contributed by atoms with Crippen LogP contribution in [0.2, 0.25) is 0 Å². The molecule has 0 amide bonds. The lowest BCUT2D eigenvalue weighted by atomic mass is 9.84. The largest absolute Gasteiger partial charge is 0.367 e. The van der Waals surface area contributed by atoms with Crippen molar-refractivity contribution < 1.29 is 0 Å². The predicted molar refractivity (Wildman–Crippen MR) is 80.6 cm³/mol. The van der Waals surface area contributed by atoms with Crippen molar-refractivity contribution >= 4 is 11.8 Å². The molecule has 0 aliphatic heterocycles. The van der Waals surface area contributed by atoms with Gasteiger partial charge in [-0.2, -0.15) is 4.98 Å². The standard InChI is InChI=1S/C15H26N4/c1-4-12-6-8-13(9-7-12)18-14-11(3)10-17-15(19-14)16-5-2/h10,12-13H,4-9H2,1-3H3,(H2,16,17,18,19). The van der Waals surface area contributed by atoms with Crippen LogP contribution >= 0.6 is 0 Å². The minimum absolute atomic E-state index is 0.575. The first-order valence-electron chi connectivity index (χ1n) is 7.57. The van der Waals surface area contributed by atoms with Crippen LogP contribution in [0.25, 0.3) is 0 Å². The minimum Gasteiger partial charge on any atom is -0.367 e. The maximum Gasteiger partial charge on any atom is 0.224 e. The van der Waals surface area contributed by atoms with Crippen molar-refractivity contribution in [2.45, 2.75) is 58.9 Å². The first-order chi connectivity index (χ1) is 9.22. The Kier molecular flexibility index (Phi) is 5.00. The Hall–Kier alpha value is -1.32. The van der Waals surface area contributed by atoms with Gasteiger partial charge in [-0.25, -0.2) is 4.98 Å². The van der Waals surface area contributed by atoms with Gasteiger partial charge in [0.15, 0.2) is 0 Å². The van der Waals surface area contributed by atoms with Crippen LogP contribution in [0.4, 0.5) is 11.8 Å². The molecule has 4 nitrogen and oxygen atoms in total. The maximum absolute atomic E-state index is 4.56. The van der Waals surface area contributed by atoms with E-state index in [1.54, 1.807) is 0 Å². The Balaban J connectivity index is 1.96. The topological polar surface area (TPSA) is 49.8 Å². The summed E-state index contributed by atoms with van der Waals surface area (Å²) >= 11 is 0. The highest BCUT2D eigenvalue weighted by atomic mass is 15.1. The van der Waals surface area contributed by atoms with Crippen LogP contribution in [-0.2, 0) is 0 Å². The fraction of sp³-hybridized carbons (Fsp3) is 0.733. The van der Waals surface area contributed by atoms with Crippen molar-refractivity contribution in [1.29, 1.82) is 0 Å². The average Bonchev–Trinajstić information content (AvgIpc) is 2.44. The number of hydrogen-bond donors (Lipinski definition) is 2. The molecule has 0 aromatic carbocycles. The summed E-state index contributed by atoms with van der Waals surface area (Å²) in [7, 11) is 0. The van der Waals surface area contributed by atoms with E-state index in [-0.39, 0.29) is 0 Å². The van der Waals surface area contributed by atoms with E-state index in [0.717, 1.165) is 29.8 Å². The highest BCUT2D eigenvalue weighted by Gasteiger charge is 2.20. The summed E-state index contributed by atoms with van der Waals surface area (Å²) in [6, 6.07) is 0.575. The Bertz CT molecular complexity index is 397. The normalized spacial score (nSPS) is 23.1. The highest BCUT2D eigenvalue weighted by Crippen LogP contribution is 2.28. The van der Waals surface area contributed by atoms with Crippen molar-refractivity contribution in [2.24, 2.45) is 5.92 Å². The van der Waals surface area contributed by atoms with Crippen molar-refractivity contribution in [2.75, 3.05) is 17.2 Å². The van der Waals surface area contributed by atoms with E-state index < -0.39 is 0 Å². The Morgan fingerprint density at radius 3 is 2.58 bits per heavy atom. The summed E-state index contributed by atoms with van der Waals surface area (Å²) in [5.74, 6) is 2.64. The molecule has 1 saturated carbocycles. The quantitative estimate of drug-likeness (QED) is 0.851. The molecule has 1 aromatic heterocycles. The molecule has 2 rings (SSSR count). The molecule has 0 unspecified atom stereocenters. The van der Waals surface area contributed by atoms with Crippen molar-refractivity contribution in [1.82, 2.24) is 9.97 Å². The van der Waals surface area contributed by atoms with Gasteiger partial charge in [0.05, 0.1) is 0 Å². The molecule has 4 heteroatoms. The Morgan fingerprint density at radius 2 is 1.95 bits per heavy atom. The molecule has 0 atom stereocenters. The smallest absolute Gasteiger partial charge is 0.224 e. The second-order valence-corrected chi connectivity index (χ2v) is 5.53. The zero-order chi connectivity index (χ0) is 13.7. The van der Waals surface area contributed by atoms with Crippen LogP contribution in [0.5, 0.6) is 0 Å². The van der Waals surface area contributed by atoms with Crippen LogP contribution in [0.15, 0.2) is 6.20 Å². The lowest BCUT2D eigenvalue weighted by Crippen LogP contribution is -2.27. The van der Waals surface area contributed by atoms with Crippen LogP contribution in [0.3, 0.4) is 0 Å². The molecule has 106 valence electrons. The second-order valence-electron chi connectivity index (χ2n) is 5.53. The molecule has 0 radical (unpaired) electrons. The van der Waals surface area contributed by atoms with E-state index in [0.29, 0.717) is 6.04 Å². The molecule has 1 aliphatic carbocycles. The van der Waals surface area contributed by atoms with E-state index in [1.807, 2.05) is 6.20 Å². The van der Waals surface area contributed by atoms with Gasteiger partial charge in [0.1, 0.15) is 5.82 Å². The third-order valence-corrected chi connectivity index (χ3v) is 4.07. The zero-order valence-corrected chi connectivity index (χ0v) is 12.4. The van der Waals surface area contributed by atoms with Crippen LogP contribution in [-0.4, -0.2) is 22.6 Å². The predicted octanol–water partition coefficient (Wildman–Crippen LogP) is 3.60. The number of aryl methyl sites for hydroxylation is 1. The van der Waals surface area contributed by atoms with E-state index >= 15 is 0 Å². The molecule has 1 aliphatic rings. The Labute approximate surface area is 116 Å². The number of hydrogen-bond acceptors (Lipinski definition) is 4. The van der Waals surface area contributed by atoms with E-state index in [2.05, 4.69) is 41.4 Å². The molecule has 1 fully saturated rings. The average molecular weight is 262 g/mol. The van der Waals surface area contributed by atoms with Crippen molar-refractivity contribution in [3.63, 3.8) is 0 Å². The third kappa shape index (κ3) is 3.82. The number of nitrogens with zero attached hydrogens (tertiary/aromatic N) is 2. The van der Waals surface area contributed by atoms with E-state index in [1.165, 1.54) is 32.1 Å². The van der Waals surface area contributed by atoms with Gasteiger partial charge in [-0.05, 0) is 45.4 Å². The van der Waals surface area contributed by atoms with Gasteiger partial charge in [0.25, 0.3) is 0 Å². The molecule has 19 heavy (non-hydrogen) atoms. The molecule has 0 saturated heterocycles. The first-order valence-corrected chi connectivity index (χ1v) is 7.57.